The molecule has 2 aliphatic heterocycles. The van der Waals surface area contributed by atoms with Gasteiger partial charge < -0.3 is 20.1 Å². The van der Waals surface area contributed by atoms with Crippen LogP contribution in [0.15, 0.2) is 36.8 Å². The molecular weight excluding hydrogens is 492 g/mol. The first kappa shape index (κ1) is 25.6. The number of hydrogen-bond acceptors (Lipinski definition) is 7. The molecule has 4 aliphatic rings. The number of rotatable bonds is 7. The second kappa shape index (κ2) is 9.23. The number of carbonyl (C=O) groups excluding carboxylic acids is 1. The quantitative estimate of drug-likeness (QED) is 0.475. The van der Waals surface area contributed by atoms with Crippen LogP contribution in [0.2, 0.25) is 0 Å². The Balaban J connectivity index is 1.29. The molecule has 5 heterocycles. The van der Waals surface area contributed by atoms with Crippen molar-refractivity contribution in [3.63, 3.8) is 0 Å². The Bertz CT molecular complexity index is 1430. The zero-order valence-electron chi connectivity index (χ0n) is 23.0. The molecule has 4 fully saturated rings. The summed E-state index contributed by atoms with van der Waals surface area (Å²) in [4.78, 5) is 20.0. The number of pyridine rings is 2. The van der Waals surface area contributed by atoms with Gasteiger partial charge in [-0.25, -0.2) is 9.50 Å². The number of nitriles is 1. The molecule has 4 bridgehead atoms. The zero-order valence-corrected chi connectivity index (χ0v) is 23.0. The minimum Gasteiger partial charge on any atom is -0.489 e. The average Bonchev–Trinajstić information content (AvgIpc) is 3.29. The van der Waals surface area contributed by atoms with Crippen LogP contribution in [0, 0.1) is 23.2 Å². The molecule has 2 saturated heterocycles. The fraction of sp³-hybridized carbons (Fsp3) is 0.533. The standard InChI is InChI=1S/C30H36N6O3/c1-18(2)28(37)34-30-10-19-7-22(11-30)36(23(8-19)12-30)26-6-5-20(14-32-26)25-9-24(39-17-29(3,4)38)16-35-27(25)21(13-31)15-33-35/h5-6,9,14-16,18-19,22-23,38H,7-8,10-12,17H2,1-4H3,(H,34,37)/t19-,22-,23+,30-. The van der Waals surface area contributed by atoms with Crippen molar-refractivity contribution in [3.8, 4) is 22.9 Å². The van der Waals surface area contributed by atoms with Crippen molar-refractivity contribution in [2.75, 3.05) is 11.5 Å². The van der Waals surface area contributed by atoms with Gasteiger partial charge in [0.1, 0.15) is 24.2 Å². The molecule has 39 heavy (non-hydrogen) atoms. The molecule has 204 valence electrons. The molecule has 1 amide bonds. The summed E-state index contributed by atoms with van der Waals surface area (Å²) in [6.45, 7) is 7.42. The maximum absolute atomic E-state index is 12.6. The van der Waals surface area contributed by atoms with Gasteiger partial charge in [0.2, 0.25) is 5.91 Å². The highest BCUT2D eigenvalue weighted by atomic mass is 16.5. The number of ether oxygens (including phenoxy) is 1. The summed E-state index contributed by atoms with van der Waals surface area (Å²) in [6, 6.07) is 8.97. The minimum absolute atomic E-state index is 0.00819. The molecular formula is C30H36N6O3. The van der Waals surface area contributed by atoms with Crippen LogP contribution in [0.25, 0.3) is 16.6 Å². The first-order valence-electron chi connectivity index (χ1n) is 13.9. The molecule has 0 unspecified atom stereocenters. The van der Waals surface area contributed by atoms with E-state index in [2.05, 4.69) is 27.5 Å². The number of fused-ring (bicyclic) bond motifs is 1. The lowest BCUT2D eigenvalue weighted by Crippen LogP contribution is -2.70. The molecule has 9 nitrogen and oxygen atoms in total. The van der Waals surface area contributed by atoms with Crippen LogP contribution < -0.4 is 15.0 Å². The SMILES string of the molecule is CC(C)C(=O)N[C@]12C[C@@H]3C[C@H](C1)N(c1ccc(-c4cc(OCC(C)(C)O)cn5ncc(C#N)c45)cn1)[C@@H](C3)C2. The molecule has 3 aromatic heterocycles. The molecule has 0 radical (unpaired) electrons. The fourth-order valence-corrected chi connectivity index (χ4v) is 6.99. The number of carbonyl (C=O) groups is 1. The van der Waals surface area contributed by atoms with E-state index in [1.54, 1.807) is 30.8 Å². The molecule has 7 rings (SSSR count). The first-order chi connectivity index (χ1) is 18.5. The van der Waals surface area contributed by atoms with Crippen LogP contribution in [0.5, 0.6) is 5.75 Å². The third kappa shape index (κ3) is 4.71. The van der Waals surface area contributed by atoms with Crippen LogP contribution in [0.1, 0.15) is 65.4 Å². The molecule has 2 N–H and O–H groups in total. The van der Waals surface area contributed by atoms with Crippen molar-refractivity contribution in [2.24, 2.45) is 11.8 Å². The van der Waals surface area contributed by atoms with E-state index < -0.39 is 5.60 Å². The lowest BCUT2D eigenvalue weighted by Gasteiger charge is -2.62. The summed E-state index contributed by atoms with van der Waals surface area (Å²) >= 11 is 0. The van der Waals surface area contributed by atoms with E-state index in [1.807, 2.05) is 32.2 Å². The second-order valence-corrected chi connectivity index (χ2v) is 12.6. The molecule has 4 atom stereocenters. The minimum atomic E-state index is -0.983. The van der Waals surface area contributed by atoms with E-state index in [1.165, 1.54) is 0 Å². The highest BCUT2D eigenvalue weighted by Crippen LogP contribution is 2.52. The van der Waals surface area contributed by atoms with Crippen molar-refractivity contribution in [1.29, 1.82) is 5.26 Å². The predicted octanol–water partition coefficient (Wildman–Crippen LogP) is 4.08. The van der Waals surface area contributed by atoms with Crippen LogP contribution in [-0.4, -0.2) is 55.4 Å². The van der Waals surface area contributed by atoms with Gasteiger partial charge in [0.15, 0.2) is 0 Å². The topological polar surface area (TPSA) is 116 Å². The average molecular weight is 529 g/mol. The largest absolute Gasteiger partial charge is 0.489 e. The summed E-state index contributed by atoms with van der Waals surface area (Å²) in [5.41, 5.74) is 1.76. The molecule has 3 aromatic rings. The van der Waals surface area contributed by atoms with Crippen molar-refractivity contribution in [3.05, 3.63) is 42.4 Å². The van der Waals surface area contributed by atoms with Gasteiger partial charge >= 0.3 is 0 Å². The molecule has 9 heteroatoms. The van der Waals surface area contributed by atoms with E-state index in [0.717, 1.165) is 49.0 Å². The summed E-state index contributed by atoms with van der Waals surface area (Å²) in [5.74, 6) is 2.30. The number of aliphatic hydroxyl groups is 1. The number of piperidine rings is 2. The van der Waals surface area contributed by atoms with E-state index in [0.29, 0.717) is 34.8 Å². The van der Waals surface area contributed by atoms with Crippen LogP contribution in [-0.2, 0) is 4.79 Å². The number of amides is 1. The van der Waals surface area contributed by atoms with Crippen LogP contribution in [0.4, 0.5) is 5.82 Å². The first-order valence-corrected chi connectivity index (χ1v) is 13.9. The molecule has 0 aromatic carbocycles. The van der Waals surface area contributed by atoms with Crippen molar-refractivity contribution < 1.29 is 14.6 Å². The third-order valence-corrected chi connectivity index (χ3v) is 8.47. The number of aromatic nitrogens is 3. The van der Waals surface area contributed by atoms with Gasteiger partial charge in [-0.15, -0.1) is 0 Å². The molecule has 2 saturated carbocycles. The Morgan fingerprint density at radius 2 is 2.00 bits per heavy atom. The monoisotopic (exact) mass is 528 g/mol. The highest BCUT2D eigenvalue weighted by Gasteiger charge is 2.55. The summed E-state index contributed by atoms with van der Waals surface area (Å²) in [5, 5.41) is 27.6. The van der Waals surface area contributed by atoms with Crippen molar-refractivity contribution in [2.45, 2.75) is 83.0 Å². The van der Waals surface area contributed by atoms with Gasteiger partial charge in [0.05, 0.1) is 29.1 Å². The summed E-state index contributed by atoms with van der Waals surface area (Å²) in [6.07, 6.45) is 10.4. The van der Waals surface area contributed by atoms with Gasteiger partial charge in [0, 0.05) is 40.9 Å². The Morgan fingerprint density at radius 3 is 2.62 bits per heavy atom. The second-order valence-electron chi connectivity index (χ2n) is 12.6. The van der Waals surface area contributed by atoms with Crippen molar-refractivity contribution >= 4 is 17.2 Å². The smallest absolute Gasteiger partial charge is 0.222 e. The molecule has 2 aliphatic carbocycles. The fourth-order valence-electron chi connectivity index (χ4n) is 6.99. The Labute approximate surface area is 228 Å². The predicted molar refractivity (Wildman–Crippen MR) is 147 cm³/mol. The van der Waals surface area contributed by atoms with Gasteiger partial charge in [-0.05, 0) is 70.1 Å². The third-order valence-electron chi connectivity index (χ3n) is 8.47. The van der Waals surface area contributed by atoms with Gasteiger partial charge in [-0.3, -0.25) is 4.79 Å². The number of hydrogen-bond donors (Lipinski definition) is 2. The van der Waals surface area contributed by atoms with Crippen LogP contribution >= 0.6 is 0 Å². The van der Waals surface area contributed by atoms with Gasteiger partial charge in [-0.2, -0.15) is 10.4 Å². The Hall–Kier alpha value is -3.64. The van der Waals surface area contributed by atoms with Crippen LogP contribution in [0.3, 0.4) is 0 Å². The lowest BCUT2D eigenvalue weighted by atomic mass is 9.59. The zero-order chi connectivity index (χ0) is 27.5. The van der Waals surface area contributed by atoms with E-state index in [-0.39, 0.29) is 24.0 Å². The summed E-state index contributed by atoms with van der Waals surface area (Å²) < 4.78 is 7.51. The Kier molecular flexibility index (Phi) is 6.07. The van der Waals surface area contributed by atoms with E-state index in [9.17, 15) is 15.2 Å². The Morgan fingerprint density at radius 1 is 1.26 bits per heavy atom. The van der Waals surface area contributed by atoms with Gasteiger partial charge in [-0.1, -0.05) is 13.8 Å². The number of anilines is 1. The highest BCUT2D eigenvalue weighted by molar-refractivity contribution is 5.85. The van der Waals surface area contributed by atoms with Gasteiger partial charge in [0.25, 0.3) is 0 Å². The molecule has 0 spiro atoms. The number of nitrogens with zero attached hydrogens (tertiary/aromatic N) is 5. The maximum Gasteiger partial charge on any atom is 0.222 e. The lowest BCUT2D eigenvalue weighted by molar-refractivity contribution is -0.128. The maximum atomic E-state index is 12.6. The van der Waals surface area contributed by atoms with E-state index in [4.69, 9.17) is 9.72 Å². The van der Waals surface area contributed by atoms with E-state index >= 15 is 0 Å². The van der Waals surface area contributed by atoms with Crippen molar-refractivity contribution in [1.82, 2.24) is 19.9 Å². The number of nitrogens with one attached hydrogen (secondary N) is 1. The summed E-state index contributed by atoms with van der Waals surface area (Å²) in [7, 11) is 0. The normalized spacial score (nSPS) is 25.8.